The molecular weight excluding hydrogens is 408 g/mol. The number of hydrogen-bond donors (Lipinski definition) is 0. The second-order valence-corrected chi connectivity index (χ2v) is 7.66. The lowest BCUT2D eigenvalue weighted by molar-refractivity contribution is 0.819. The third-order valence-corrected chi connectivity index (χ3v) is 5.58. The molecule has 0 spiro atoms. The lowest BCUT2D eigenvalue weighted by Gasteiger charge is -2.13. The molecule has 0 amide bonds. The lowest BCUT2D eigenvalue weighted by atomic mass is 10.2. The van der Waals surface area contributed by atoms with Crippen molar-refractivity contribution in [1.29, 1.82) is 0 Å². The van der Waals surface area contributed by atoms with E-state index in [2.05, 4.69) is 28.1 Å². The number of hydrogen-bond acceptors (Lipinski definition) is 3. The molecule has 4 aromatic rings. The molecule has 0 aliphatic rings. The molecule has 1 aromatic heterocycles. The van der Waals surface area contributed by atoms with Crippen LogP contribution in [0.2, 0.25) is 0 Å². The maximum atomic E-state index is 13.1. The topological polar surface area (TPSA) is 34.9 Å². The second-order valence-electron chi connectivity index (χ2n) is 5.80. The molecule has 0 bridgehead atoms. The SMILES string of the molecule is O=c1c2ccccc2nc(SCc2ccccc2)n1-c1ccc(Br)cc1. The van der Waals surface area contributed by atoms with Crippen LogP contribution in [0.15, 0.2) is 93.3 Å². The van der Waals surface area contributed by atoms with Gasteiger partial charge in [0.05, 0.1) is 16.6 Å². The Morgan fingerprint density at radius 3 is 2.35 bits per heavy atom. The Bertz CT molecular complexity index is 1110. The van der Waals surface area contributed by atoms with Crippen LogP contribution in [0.5, 0.6) is 0 Å². The number of rotatable bonds is 4. The van der Waals surface area contributed by atoms with Crippen LogP contribution in [0.25, 0.3) is 16.6 Å². The summed E-state index contributed by atoms with van der Waals surface area (Å²) in [6.45, 7) is 0. The molecule has 5 heteroatoms. The average Bonchev–Trinajstić information content (AvgIpc) is 2.68. The highest BCUT2D eigenvalue weighted by molar-refractivity contribution is 9.10. The summed E-state index contributed by atoms with van der Waals surface area (Å²) in [6.07, 6.45) is 0. The van der Waals surface area contributed by atoms with Gasteiger partial charge in [0.25, 0.3) is 5.56 Å². The van der Waals surface area contributed by atoms with Crippen LogP contribution in [-0.2, 0) is 5.75 Å². The summed E-state index contributed by atoms with van der Waals surface area (Å²) in [5.74, 6) is 0.752. The predicted molar refractivity (Wildman–Crippen MR) is 111 cm³/mol. The van der Waals surface area contributed by atoms with Crippen LogP contribution >= 0.6 is 27.7 Å². The largest absolute Gasteiger partial charge is 0.268 e. The fourth-order valence-electron chi connectivity index (χ4n) is 2.75. The maximum Gasteiger partial charge on any atom is 0.266 e. The zero-order valence-electron chi connectivity index (χ0n) is 13.8. The van der Waals surface area contributed by atoms with Gasteiger partial charge < -0.3 is 0 Å². The molecule has 0 radical (unpaired) electrons. The van der Waals surface area contributed by atoms with Gasteiger partial charge in [-0.15, -0.1) is 0 Å². The molecule has 1 heterocycles. The number of aromatic nitrogens is 2. The molecule has 0 aliphatic carbocycles. The van der Waals surface area contributed by atoms with Crippen LogP contribution in [0, 0.1) is 0 Å². The van der Waals surface area contributed by atoms with Gasteiger partial charge in [-0.1, -0.05) is 70.2 Å². The first-order chi connectivity index (χ1) is 12.7. The second kappa shape index (κ2) is 7.48. The number of nitrogens with zero attached hydrogens (tertiary/aromatic N) is 2. The molecule has 0 fully saturated rings. The third-order valence-electron chi connectivity index (χ3n) is 4.04. The maximum absolute atomic E-state index is 13.1. The molecular formula is C21H15BrN2OS. The molecule has 0 unspecified atom stereocenters. The first kappa shape index (κ1) is 17.1. The van der Waals surface area contributed by atoms with E-state index in [4.69, 9.17) is 4.98 Å². The minimum absolute atomic E-state index is 0.0477. The zero-order chi connectivity index (χ0) is 17.9. The van der Waals surface area contributed by atoms with Gasteiger partial charge in [0.2, 0.25) is 0 Å². The minimum Gasteiger partial charge on any atom is -0.268 e. The molecule has 26 heavy (non-hydrogen) atoms. The van der Waals surface area contributed by atoms with Gasteiger partial charge in [-0.05, 0) is 42.0 Å². The van der Waals surface area contributed by atoms with Crippen molar-refractivity contribution in [3.8, 4) is 5.69 Å². The molecule has 0 saturated heterocycles. The Kier molecular flexibility index (Phi) is 4.91. The van der Waals surface area contributed by atoms with Crippen LogP contribution in [0.3, 0.4) is 0 Å². The molecule has 0 atom stereocenters. The Morgan fingerprint density at radius 1 is 0.885 bits per heavy atom. The number of halogens is 1. The standard InChI is InChI=1S/C21H15BrN2OS/c22-16-10-12-17(13-11-16)24-20(25)18-8-4-5-9-19(18)23-21(24)26-14-15-6-2-1-3-7-15/h1-13H,14H2. The van der Waals surface area contributed by atoms with E-state index in [0.717, 1.165) is 21.4 Å². The van der Waals surface area contributed by atoms with E-state index in [1.165, 1.54) is 5.56 Å². The van der Waals surface area contributed by atoms with Crippen molar-refractivity contribution < 1.29 is 0 Å². The Labute approximate surface area is 163 Å². The van der Waals surface area contributed by atoms with E-state index < -0.39 is 0 Å². The molecule has 3 nitrogen and oxygen atoms in total. The summed E-state index contributed by atoms with van der Waals surface area (Å²) in [5, 5.41) is 1.32. The monoisotopic (exact) mass is 422 g/mol. The molecule has 4 rings (SSSR count). The Morgan fingerprint density at radius 2 is 1.58 bits per heavy atom. The quantitative estimate of drug-likeness (QED) is 0.324. The highest BCUT2D eigenvalue weighted by atomic mass is 79.9. The van der Waals surface area contributed by atoms with Gasteiger partial charge in [0.15, 0.2) is 5.16 Å². The van der Waals surface area contributed by atoms with Crippen LogP contribution < -0.4 is 5.56 Å². The van der Waals surface area contributed by atoms with Gasteiger partial charge in [-0.25, -0.2) is 4.98 Å². The molecule has 0 saturated carbocycles. The highest BCUT2D eigenvalue weighted by Gasteiger charge is 2.13. The van der Waals surface area contributed by atoms with Crippen LogP contribution in [-0.4, -0.2) is 9.55 Å². The van der Waals surface area contributed by atoms with E-state index in [-0.39, 0.29) is 5.56 Å². The van der Waals surface area contributed by atoms with E-state index in [1.807, 2.05) is 66.7 Å². The van der Waals surface area contributed by atoms with Crippen molar-refractivity contribution in [3.63, 3.8) is 0 Å². The summed E-state index contributed by atoms with van der Waals surface area (Å²) >= 11 is 5.02. The van der Waals surface area contributed by atoms with Crippen LogP contribution in [0.4, 0.5) is 0 Å². The van der Waals surface area contributed by atoms with Crippen molar-refractivity contribution in [1.82, 2.24) is 9.55 Å². The van der Waals surface area contributed by atoms with Crippen molar-refractivity contribution in [3.05, 3.63) is 99.3 Å². The van der Waals surface area contributed by atoms with E-state index in [9.17, 15) is 4.79 Å². The number of para-hydroxylation sites is 1. The van der Waals surface area contributed by atoms with Crippen molar-refractivity contribution in [2.75, 3.05) is 0 Å². The van der Waals surface area contributed by atoms with E-state index in [0.29, 0.717) is 10.5 Å². The van der Waals surface area contributed by atoms with Crippen LogP contribution in [0.1, 0.15) is 5.56 Å². The summed E-state index contributed by atoms with van der Waals surface area (Å²) in [4.78, 5) is 17.9. The van der Waals surface area contributed by atoms with Gasteiger partial charge in [-0.3, -0.25) is 9.36 Å². The summed E-state index contributed by atoms with van der Waals surface area (Å²) < 4.78 is 2.67. The zero-order valence-corrected chi connectivity index (χ0v) is 16.2. The van der Waals surface area contributed by atoms with Crippen molar-refractivity contribution in [2.24, 2.45) is 0 Å². The van der Waals surface area contributed by atoms with Gasteiger partial charge >= 0.3 is 0 Å². The van der Waals surface area contributed by atoms with Crippen molar-refractivity contribution in [2.45, 2.75) is 10.9 Å². The molecule has 128 valence electrons. The summed E-state index contributed by atoms with van der Waals surface area (Å²) in [5.41, 5.74) is 2.68. The highest BCUT2D eigenvalue weighted by Crippen LogP contribution is 2.25. The average molecular weight is 423 g/mol. The molecule has 0 N–H and O–H groups in total. The first-order valence-corrected chi connectivity index (χ1v) is 9.95. The van der Waals surface area contributed by atoms with Gasteiger partial charge in [0, 0.05) is 10.2 Å². The fraction of sp³-hybridized carbons (Fsp3) is 0.0476. The van der Waals surface area contributed by atoms with E-state index in [1.54, 1.807) is 16.3 Å². The Hall–Kier alpha value is -2.37. The minimum atomic E-state index is -0.0477. The van der Waals surface area contributed by atoms with Crippen molar-refractivity contribution >= 4 is 38.6 Å². The number of benzene rings is 3. The first-order valence-electron chi connectivity index (χ1n) is 8.17. The predicted octanol–water partition coefficient (Wildman–Crippen LogP) is 5.44. The van der Waals surface area contributed by atoms with Gasteiger partial charge in [-0.2, -0.15) is 0 Å². The fourth-order valence-corrected chi connectivity index (χ4v) is 3.98. The smallest absolute Gasteiger partial charge is 0.266 e. The summed E-state index contributed by atoms with van der Waals surface area (Å²) in [6, 6.07) is 25.4. The lowest BCUT2D eigenvalue weighted by Crippen LogP contribution is -2.21. The Balaban J connectivity index is 1.85. The molecule has 3 aromatic carbocycles. The number of fused-ring (bicyclic) bond motifs is 1. The molecule has 0 aliphatic heterocycles. The van der Waals surface area contributed by atoms with Gasteiger partial charge in [0.1, 0.15) is 0 Å². The number of thioether (sulfide) groups is 1. The normalized spacial score (nSPS) is 11.0. The van der Waals surface area contributed by atoms with E-state index >= 15 is 0 Å². The summed E-state index contributed by atoms with van der Waals surface area (Å²) in [7, 11) is 0. The third kappa shape index (κ3) is 3.45.